The molecule has 0 amide bonds. The Morgan fingerprint density at radius 1 is 1.45 bits per heavy atom. The molecule has 1 unspecified atom stereocenters. The Balaban J connectivity index is 1.88. The topological polar surface area (TPSA) is 84.6 Å². The van der Waals surface area contributed by atoms with Gasteiger partial charge in [0.05, 0.1) is 5.60 Å². The van der Waals surface area contributed by atoms with Crippen LogP contribution in [0.15, 0.2) is 9.52 Å². The second-order valence-corrected chi connectivity index (χ2v) is 5.18. The molecule has 0 saturated carbocycles. The normalized spacial score (nSPS) is 23.1. The molecule has 1 aromatic rings. The van der Waals surface area contributed by atoms with E-state index in [4.69, 9.17) is 9.26 Å². The third-order valence-corrected chi connectivity index (χ3v) is 3.22. The maximum absolute atomic E-state index is 5.75. The van der Waals surface area contributed by atoms with Crippen molar-refractivity contribution in [2.24, 2.45) is 4.99 Å². The van der Waals surface area contributed by atoms with E-state index in [-0.39, 0.29) is 5.60 Å². The van der Waals surface area contributed by atoms with Crippen molar-refractivity contribution in [3.63, 3.8) is 0 Å². The molecule has 0 radical (unpaired) electrons. The molecule has 0 aliphatic carbocycles. The molecule has 2 rings (SSSR count). The molecule has 20 heavy (non-hydrogen) atoms. The first kappa shape index (κ1) is 14.8. The van der Waals surface area contributed by atoms with Gasteiger partial charge in [-0.1, -0.05) is 5.16 Å². The van der Waals surface area contributed by atoms with Gasteiger partial charge in [0.2, 0.25) is 5.89 Å². The number of aryl methyl sites for hydroxylation is 1. The van der Waals surface area contributed by atoms with E-state index in [1.807, 2.05) is 6.92 Å². The second kappa shape index (κ2) is 6.69. The number of hydrogen-bond donors (Lipinski definition) is 2. The van der Waals surface area contributed by atoms with Crippen molar-refractivity contribution in [2.45, 2.75) is 45.8 Å². The predicted molar refractivity (Wildman–Crippen MR) is 75.4 cm³/mol. The zero-order valence-electron chi connectivity index (χ0n) is 12.4. The first-order valence-corrected chi connectivity index (χ1v) is 7.07. The van der Waals surface area contributed by atoms with Crippen molar-refractivity contribution < 1.29 is 9.26 Å². The van der Waals surface area contributed by atoms with Gasteiger partial charge in [-0.15, -0.1) is 0 Å². The fourth-order valence-electron chi connectivity index (χ4n) is 2.14. The first-order chi connectivity index (χ1) is 9.61. The van der Waals surface area contributed by atoms with Crippen LogP contribution in [0, 0.1) is 6.92 Å². The summed E-state index contributed by atoms with van der Waals surface area (Å²) in [5, 5.41) is 10.3. The summed E-state index contributed by atoms with van der Waals surface area (Å²) in [6.07, 6.45) is 2.19. The van der Waals surface area contributed by atoms with Gasteiger partial charge in [0.15, 0.2) is 11.8 Å². The summed E-state index contributed by atoms with van der Waals surface area (Å²) in [5.74, 6) is 1.88. The largest absolute Gasteiger partial charge is 0.373 e. The zero-order chi connectivity index (χ0) is 14.4. The maximum Gasteiger partial charge on any atom is 0.223 e. The third-order valence-electron chi connectivity index (χ3n) is 3.22. The van der Waals surface area contributed by atoms with Gasteiger partial charge in [0.25, 0.3) is 0 Å². The molecule has 1 atom stereocenters. The highest BCUT2D eigenvalue weighted by Gasteiger charge is 2.29. The summed E-state index contributed by atoms with van der Waals surface area (Å²) < 4.78 is 10.7. The number of rotatable bonds is 5. The Bertz CT molecular complexity index is 451. The van der Waals surface area contributed by atoms with Crippen LogP contribution in [0.1, 0.15) is 38.4 Å². The molecule has 0 spiro atoms. The first-order valence-electron chi connectivity index (χ1n) is 7.07. The monoisotopic (exact) mass is 281 g/mol. The molecular weight excluding hydrogens is 258 g/mol. The summed E-state index contributed by atoms with van der Waals surface area (Å²) in [5.41, 5.74) is -0.0983. The Morgan fingerprint density at radius 2 is 2.30 bits per heavy atom. The highest BCUT2D eigenvalue weighted by atomic mass is 16.5. The minimum absolute atomic E-state index is 0.0983. The molecule has 112 valence electrons. The lowest BCUT2D eigenvalue weighted by Crippen LogP contribution is -2.45. The number of aliphatic imine (C=N–C) groups is 1. The standard InChI is InChI=1S/C13H23N5O2/c1-4-14-12(15-8-11-17-10(2)20-18-11)16-9-13(3)6-5-7-19-13/h4-9H2,1-3H3,(H2,14,15,16). The molecule has 2 heterocycles. The van der Waals surface area contributed by atoms with Crippen LogP contribution in [0.4, 0.5) is 0 Å². The Labute approximate surface area is 119 Å². The molecule has 0 bridgehead atoms. The van der Waals surface area contributed by atoms with Crippen LogP contribution in [0.3, 0.4) is 0 Å². The summed E-state index contributed by atoms with van der Waals surface area (Å²) in [6, 6.07) is 0. The van der Waals surface area contributed by atoms with E-state index in [9.17, 15) is 0 Å². The highest BCUT2D eigenvalue weighted by Crippen LogP contribution is 2.23. The van der Waals surface area contributed by atoms with Crippen molar-refractivity contribution in [1.29, 1.82) is 0 Å². The lowest BCUT2D eigenvalue weighted by Gasteiger charge is -2.24. The van der Waals surface area contributed by atoms with Gasteiger partial charge in [0.1, 0.15) is 6.54 Å². The SMILES string of the molecule is CCNC(=NCc1noc(C)n1)NCC1(C)CCCO1. The van der Waals surface area contributed by atoms with Gasteiger partial charge in [-0.05, 0) is 26.7 Å². The molecule has 0 aromatic carbocycles. The highest BCUT2D eigenvalue weighted by molar-refractivity contribution is 5.79. The molecule has 1 fully saturated rings. The van der Waals surface area contributed by atoms with Crippen LogP contribution in [-0.2, 0) is 11.3 Å². The van der Waals surface area contributed by atoms with E-state index >= 15 is 0 Å². The molecule has 1 aliphatic rings. The number of ether oxygens (including phenoxy) is 1. The molecule has 2 N–H and O–H groups in total. The van der Waals surface area contributed by atoms with Gasteiger partial charge in [-0.2, -0.15) is 4.98 Å². The Kier molecular flexibility index (Phi) is 4.94. The van der Waals surface area contributed by atoms with Crippen molar-refractivity contribution >= 4 is 5.96 Å². The van der Waals surface area contributed by atoms with Gasteiger partial charge in [-0.3, -0.25) is 0 Å². The van der Waals surface area contributed by atoms with Crippen molar-refractivity contribution in [2.75, 3.05) is 19.7 Å². The Morgan fingerprint density at radius 3 is 2.90 bits per heavy atom. The number of aromatic nitrogens is 2. The fraction of sp³-hybridized carbons (Fsp3) is 0.769. The van der Waals surface area contributed by atoms with E-state index in [0.717, 1.165) is 38.5 Å². The van der Waals surface area contributed by atoms with Crippen LogP contribution in [-0.4, -0.2) is 41.4 Å². The van der Waals surface area contributed by atoms with Gasteiger partial charge >= 0.3 is 0 Å². The van der Waals surface area contributed by atoms with Crippen LogP contribution in [0.2, 0.25) is 0 Å². The van der Waals surface area contributed by atoms with Gasteiger partial charge < -0.3 is 19.9 Å². The van der Waals surface area contributed by atoms with E-state index in [1.165, 1.54) is 0 Å². The van der Waals surface area contributed by atoms with E-state index in [0.29, 0.717) is 18.3 Å². The van der Waals surface area contributed by atoms with Crippen LogP contribution in [0.5, 0.6) is 0 Å². The van der Waals surface area contributed by atoms with E-state index in [2.05, 4.69) is 32.7 Å². The van der Waals surface area contributed by atoms with Gasteiger partial charge in [0, 0.05) is 26.6 Å². The van der Waals surface area contributed by atoms with Crippen LogP contribution in [0.25, 0.3) is 0 Å². The molecule has 1 aromatic heterocycles. The average Bonchev–Trinajstić information content (AvgIpc) is 3.03. The van der Waals surface area contributed by atoms with E-state index in [1.54, 1.807) is 6.92 Å². The lowest BCUT2D eigenvalue weighted by atomic mass is 10.0. The van der Waals surface area contributed by atoms with Crippen molar-refractivity contribution in [3.05, 3.63) is 11.7 Å². The fourth-order valence-corrected chi connectivity index (χ4v) is 2.14. The lowest BCUT2D eigenvalue weighted by molar-refractivity contribution is 0.0243. The summed E-state index contributed by atoms with van der Waals surface area (Å²) >= 11 is 0. The zero-order valence-corrected chi connectivity index (χ0v) is 12.4. The van der Waals surface area contributed by atoms with E-state index < -0.39 is 0 Å². The third kappa shape index (κ3) is 4.19. The number of hydrogen-bond acceptors (Lipinski definition) is 5. The predicted octanol–water partition coefficient (Wildman–Crippen LogP) is 1.00. The van der Waals surface area contributed by atoms with Crippen LogP contribution >= 0.6 is 0 Å². The van der Waals surface area contributed by atoms with Gasteiger partial charge in [-0.25, -0.2) is 4.99 Å². The van der Waals surface area contributed by atoms with Crippen molar-refractivity contribution in [3.8, 4) is 0 Å². The number of nitrogens with one attached hydrogen (secondary N) is 2. The summed E-state index contributed by atoms with van der Waals surface area (Å²) in [7, 11) is 0. The average molecular weight is 281 g/mol. The quantitative estimate of drug-likeness (QED) is 0.619. The van der Waals surface area contributed by atoms with Crippen molar-refractivity contribution in [1.82, 2.24) is 20.8 Å². The van der Waals surface area contributed by atoms with Crippen LogP contribution < -0.4 is 10.6 Å². The number of nitrogens with zero attached hydrogens (tertiary/aromatic N) is 3. The molecule has 1 aliphatic heterocycles. The Hall–Kier alpha value is -1.63. The molecule has 1 saturated heterocycles. The molecule has 7 heteroatoms. The molecule has 7 nitrogen and oxygen atoms in total. The smallest absolute Gasteiger partial charge is 0.223 e. The number of guanidine groups is 1. The minimum Gasteiger partial charge on any atom is -0.373 e. The summed E-state index contributed by atoms with van der Waals surface area (Å²) in [4.78, 5) is 8.57. The second-order valence-electron chi connectivity index (χ2n) is 5.18. The molecular formula is C13H23N5O2. The summed E-state index contributed by atoms with van der Waals surface area (Å²) in [6.45, 7) is 8.70. The minimum atomic E-state index is -0.0983. The maximum atomic E-state index is 5.75.